The summed E-state index contributed by atoms with van der Waals surface area (Å²) in [5.74, 6) is -0.796. The molecule has 1 aromatic rings. The predicted molar refractivity (Wildman–Crippen MR) is 66.3 cm³/mol. The summed E-state index contributed by atoms with van der Waals surface area (Å²) in [7, 11) is 0. The van der Waals surface area contributed by atoms with Gasteiger partial charge in [0.05, 0.1) is 6.42 Å². The molecule has 0 aromatic heterocycles. The van der Waals surface area contributed by atoms with E-state index in [4.69, 9.17) is 5.11 Å². The van der Waals surface area contributed by atoms with E-state index in [1.165, 1.54) is 18.4 Å². The third-order valence-electron chi connectivity index (χ3n) is 2.40. The molecule has 0 fully saturated rings. The fourth-order valence-electron chi connectivity index (χ4n) is 1.47. The summed E-state index contributed by atoms with van der Waals surface area (Å²) in [6.07, 6.45) is 7.14. The van der Waals surface area contributed by atoms with Gasteiger partial charge in [0.15, 0.2) is 0 Å². The molecule has 0 unspecified atom stereocenters. The van der Waals surface area contributed by atoms with Crippen LogP contribution >= 0.6 is 0 Å². The van der Waals surface area contributed by atoms with Crippen LogP contribution in [0.3, 0.4) is 0 Å². The highest BCUT2D eigenvalue weighted by Gasteiger charge is 1.93. The lowest BCUT2D eigenvalue weighted by Crippen LogP contribution is -1.89. The molecule has 86 valence electrons. The number of hydrogen-bond donors (Lipinski definition) is 1. The number of carbonyl (C=O) groups is 1. The first-order valence-corrected chi connectivity index (χ1v) is 5.69. The summed E-state index contributed by atoms with van der Waals surface area (Å²) in [5.41, 5.74) is 2.40. The van der Waals surface area contributed by atoms with E-state index >= 15 is 0 Å². The van der Waals surface area contributed by atoms with E-state index < -0.39 is 5.97 Å². The number of carboxylic acid groups (broad SMARTS) is 1. The third-order valence-corrected chi connectivity index (χ3v) is 2.40. The minimum Gasteiger partial charge on any atom is -0.481 e. The van der Waals surface area contributed by atoms with Gasteiger partial charge in [0.2, 0.25) is 0 Å². The van der Waals surface area contributed by atoms with Crippen LogP contribution < -0.4 is 0 Å². The molecule has 0 heterocycles. The van der Waals surface area contributed by atoms with Gasteiger partial charge >= 0.3 is 5.97 Å². The molecule has 0 atom stereocenters. The number of unbranched alkanes of at least 4 members (excludes halogenated alkanes) is 1. The van der Waals surface area contributed by atoms with Gasteiger partial charge in [0, 0.05) is 0 Å². The fraction of sp³-hybridized carbons (Fsp3) is 0.357. The van der Waals surface area contributed by atoms with Gasteiger partial charge in [-0.25, -0.2) is 0 Å². The standard InChI is InChI=1S/C14H18O2/c1-2-3-5-12-8-10-13(11-9-12)6-4-7-14(15)16/h4,6,8-11H,2-3,5,7H2,1H3,(H,15,16). The maximum atomic E-state index is 10.3. The van der Waals surface area contributed by atoms with Gasteiger partial charge in [-0.3, -0.25) is 4.79 Å². The minimum absolute atomic E-state index is 0.0809. The summed E-state index contributed by atoms with van der Waals surface area (Å²) in [6, 6.07) is 8.28. The third kappa shape index (κ3) is 4.78. The number of benzene rings is 1. The summed E-state index contributed by atoms with van der Waals surface area (Å²) in [4.78, 5) is 10.3. The van der Waals surface area contributed by atoms with Crippen molar-refractivity contribution >= 4 is 12.0 Å². The molecule has 0 amide bonds. The average molecular weight is 218 g/mol. The Balaban J connectivity index is 2.50. The summed E-state index contributed by atoms with van der Waals surface area (Å²) >= 11 is 0. The first-order chi connectivity index (χ1) is 7.72. The minimum atomic E-state index is -0.796. The Kier molecular flexibility index (Phi) is 5.34. The second-order valence-corrected chi connectivity index (χ2v) is 3.85. The Hall–Kier alpha value is -1.57. The summed E-state index contributed by atoms with van der Waals surface area (Å²) in [6.45, 7) is 2.18. The maximum absolute atomic E-state index is 10.3. The van der Waals surface area contributed by atoms with E-state index in [1.807, 2.05) is 18.2 Å². The lowest BCUT2D eigenvalue weighted by molar-refractivity contribution is -0.135. The zero-order valence-corrected chi connectivity index (χ0v) is 9.65. The first kappa shape index (κ1) is 12.5. The highest BCUT2D eigenvalue weighted by molar-refractivity contribution is 5.70. The van der Waals surface area contributed by atoms with Gasteiger partial charge in [-0.2, -0.15) is 0 Å². The van der Waals surface area contributed by atoms with Crippen LogP contribution in [0.1, 0.15) is 37.3 Å². The van der Waals surface area contributed by atoms with E-state index in [0.29, 0.717) is 0 Å². The van der Waals surface area contributed by atoms with Crippen LogP contribution in [-0.2, 0) is 11.2 Å². The molecule has 0 aliphatic heterocycles. The van der Waals surface area contributed by atoms with Crippen LogP contribution in [0.2, 0.25) is 0 Å². The molecular formula is C14H18O2. The van der Waals surface area contributed by atoms with Crippen molar-refractivity contribution in [1.29, 1.82) is 0 Å². The number of rotatable bonds is 6. The Morgan fingerprint density at radius 3 is 2.56 bits per heavy atom. The number of hydrogen-bond acceptors (Lipinski definition) is 1. The molecule has 0 saturated heterocycles. The predicted octanol–water partition coefficient (Wildman–Crippen LogP) is 3.52. The van der Waals surface area contributed by atoms with Crippen molar-refractivity contribution in [2.24, 2.45) is 0 Å². The van der Waals surface area contributed by atoms with E-state index in [-0.39, 0.29) is 6.42 Å². The van der Waals surface area contributed by atoms with Gasteiger partial charge in [0.1, 0.15) is 0 Å². The largest absolute Gasteiger partial charge is 0.481 e. The van der Waals surface area contributed by atoms with E-state index in [9.17, 15) is 4.79 Å². The Morgan fingerprint density at radius 1 is 1.31 bits per heavy atom. The van der Waals surface area contributed by atoms with E-state index in [0.717, 1.165) is 12.0 Å². The second kappa shape index (κ2) is 6.83. The molecule has 2 nitrogen and oxygen atoms in total. The molecule has 1 N–H and O–H groups in total. The van der Waals surface area contributed by atoms with Crippen LogP contribution in [0.15, 0.2) is 30.3 Å². The second-order valence-electron chi connectivity index (χ2n) is 3.85. The molecule has 2 heteroatoms. The van der Waals surface area contributed by atoms with Gasteiger partial charge < -0.3 is 5.11 Å². The van der Waals surface area contributed by atoms with Gasteiger partial charge in [-0.15, -0.1) is 0 Å². The summed E-state index contributed by atoms with van der Waals surface area (Å²) in [5, 5.41) is 8.48. The Morgan fingerprint density at radius 2 is 2.00 bits per heavy atom. The average Bonchev–Trinajstić information content (AvgIpc) is 2.27. The number of carboxylic acids is 1. The highest BCUT2D eigenvalue weighted by atomic mass is 16.4. The monoisotopic (exact) mass is 218 g/mol. The van der Waals surface area contributed by atoms with E-state index in [2.05, 4.69) is 19.1 Å². The van der Waals surface area contributed by atoms with Gasteiger partial charge in [-0.1, -0.05) is 49.8 Å². The normalized spacial score (nSPS) is 10.8. The highest BCUT2D eigenvalue weighted by Crippen LogP contribution is 2.09. The van der Waals surface area contributed by atoms with Crippen molar-refractivity contribution in [1.82, 2.24) is 0 Å². The van der Waals surface area contributed by atoms with Crippen molar-refractivity contribution < 1.29 is 9.90 Å². The topological polar surface area (TPSA) is 37.3 Å². The van der Waals surface area contributed by atoms with E-state index in [1.54, 1.807) is 6.08 Å². The molecule has 1 aromatic carbocycles. The zero-order valence-electron chi connectivity index (χ0n) is 9.65. The Labute approximate surface area is 96.6 Å². The number of aryl methyl sites for hydroxylation is 1. The molecule has 0 radical (unpaired) electrons. The molecule has 0 aliphatic rings. The molecule has 16 heavy (non-hydrogen) atoms. The molecule has 0 spiro atoms. The molecule has 0 saturated carbocycles. The molecular weight excluding hydrogens is 200 g/mol. The number of aliphatic carboxylic acids is 1. The van der Waals surface area contributed by atoms with Crippen LogP contribution in [0.25, 0.3) is 6.08 Å². The van der Waals surface area contributed by atoms with Crippen molar-refractivity contribution in [2.45, 2.75) is 32.6 Å². The quantitative estimate of drug-likeness (QED) is 0.793. The van der Waals surface area contributed by atoms with Gasteiger partial charge in [-0.05, 0) is 24.0 Å². The van der Waals surface area contributed by atoms with Crippen LogP contribution in [-0.4, -0.2) is 11.1 Å². The smallest absolute Gasteiger partial charge is 0.307 e. The fourth-order valence-corrected chi connectivity index (χ4v) is 1.47. The van der Waals surface area contributed by atoms with Crippen molar-refractivity contribution in [3.05, 3.63) is 41.5 Å². The van der Waals surface area contributed by atoms with Gasteiger partial charge in [0.25, 0.3) is 0 Å². The SMILES string of the molecule is CCCCc1ccc(C=CCC(=O)O)cc1. The van der Waals surface area contributed by atoms with Crippen molar-refractivity contribution in [2.75, 3.05) is 0 Å². The molecule has 0 aliphatic carbocycles. The molecule has 1 rings (SSSR count). The first-order valence-electron chi connectivity index (χ1n) is 5.69. The summed E-state index contributed by atoms with van der Waals surface area (Å²) < 4.78 is 0. The molecule has 0 bridgehead atoms. The van der Waals surface area contributed by atoms with Crippen molar-refractivity contribution in [3.8, 4) is 0 Å². The lowest BCUT2D eigenvalue weighted by atomic mass is 10.1. The maximum Gasteiger partial charge on any atom is 0.307 e. The van der Waals surface area contributed by atoms with Crippen molar-refractivity contribution in [3.63, 3.8) is 0 Å². The van der Waals surface area contributed by atoms with Crippen LogP contribution in [0, 0.1) is 0 Å². The van der Waals surface area contributed by atoms with Crippen LogP contribution in [0.4, 0.5) is 0 Å². The van der Waals surface area contributed by atoms with Crippen LogP contribution in [0.5, 0.6) is 0 Å². The zero-order chi connectivity index (χ0) is 11.8. The Bertz CT molecular complexity index is 350. The lowest BCUT2D eigenvalue weighted by Gasteiger charge is -2.00.